The van der Waals surface area contributed by atoms with Crippen LogP contribution >= 0.6 is 11.6 Å². The fourth-order valence-corrected chi connectivity index (χ4v) is 3.13. The quantitative estimate of drug-likeness (QED) is 0.875. The van der Waals surface area contributed by atoms with Crippen LogP contribution in [0.1, 0.15) is 44.6 Å². The van der Waals surface area contributed by atoms with Gasteiger partial charge in [-0.2, -0.15) is 0 Å². The van der Waals surface area contributed by atoms with Crippen molar-refractivity contribution in [1.82, 2.24) is 0 Å². The predicted molar refractivity (Wildman–Crippen MR) is 81.7 cm³/mol. The van der Waals surface area contributed by atoms with Crippen molar-refractivity contribution in [1.29, 1.82) is 0 Å². The first-order valence-electron chi connectivity index (χ1n) is 7.57. The Morgan fingerprint density at radius 3 is 2.65 bits per heavy atom. The molecule has 4 heteroatoms. The number of benzene rings is 1. The van der Waals surface area contributed by atoms with E-state index in [2.05, 4.69) is 5.32 Å². The van der Waals surface area contributed by atoms with E-state index in [0.717, 1.165) is 29.6 Å². The molecule has 2 rings (SSSR count). The van der Waals surface area contributed by atoms with Gasteiger partial charge >= 0.3 is 0 Å². The smallest absolute Gasteiger partial charge is 0.170 e. The minimum atomic E-state index is 0.633. The summed E-state index contributed by atoms with van der Waals surface area (Å²) in [6, 6.07) is 4.55. The van der Waals surface area contributed by atoms with Gasteiger partial charge in [-0.15, -0.1) is 0 Å². The summed E-state index contributed by atoms with van der Waals surface area (Å²) in [7, 11) is 1.66. The number of rotatable bonds is 6. The molecule has 0 unspecified atom stereocenters. The third-order valence-electron chi connectivity index (χ3n) is 3.93. The Balaban J connectivity index is 2.09. The average molecular weight is 299 g/mol. The molecule has 1 aromatic rings. The van der Waals surface area contributed by atoms with Crippen LogP contribution in [0, 0.1) is 0 Å². The minimum absolute atomic E-state index is 0.633. The Morgan fingerprint density at radius 1 is 1.25 bits per heavy atom. The van der Waals surface area contributed by atoms with Crippen molar-refractivity contribution in [3.05, 3.63) is 22.7 Å². The molecule has 0 bridgehead atoms. The molecule has 0 amide bonds. The SMILES string of the molecule is CCOc1c(C[NH2+]C2CCCCC2)cc(Cl)cc1OC. The second kappa shape index (κ2) is 7.75. The first-order valence-corrected chi connectivity index (χ1v) is 7.95. The number of ether oxygens (including phenoxy) is 2. The van der Waals surface area contributed by atoms with Gasteiger partial charge in [0, 0.05) is 11.1 Å². The van der Waals surface area contributed by atoms with Gasteiger partial charge in [0.05, 0.1) is 25.3 Å². The fourth-order valence-electron chi connectivity index (χ4n) is 2.90. The van der Waals surface area contributed by atoms with E-state index in [1.165, 1.54) is 32.1 Å². The van der Waals surface area contributed by atoms with E-state index in [9.17, 15) is 0 Å². The lowest BCUT2D eigenvalue weighted by atomic mass is 9.95. The molecule has 1 fully saturated rings. The molecular formula is C16H25ClNO2+. The maximum absolute atomic E-state index is 6.17. The fraction of sp³-hybridized carbons (Fsp3) is 0.625. The summed E-state index contributed by atoms with van der Waals surface area (Å²) in [6.07, 6.45) is 6.75. The number of nitrogens with two attached hydrogens (primary N) is 1. The van der Waals surface area contributed by atoms with Crippen molar-refractivity contribution in [3.63, 3.8) is 0 Å². The monoisotopic (exact) mass is 298 g/mol. The van der Waals surface area contributed by atoms with E-state index < -0.39 is 0 Å². The van der Waals surface area contributed by atoms with Crippen molar-refractivity contribution < 1.29 is 14.8 Å². The molecule has 1 saturated carbocycles. The van der Waals surface area contributed by atoms with Gasteiger partial charge in [0.1, 0.15) is 6.54 Å². The summed E-state index contributed by atoms with van der Waals surface area (Å²) in [5.74, 6) is 1.57. The molecule has 0 radical (unpaired) electrons. The van der Waals surface area contributed by atoms with Crippen LogP contribution in [0.5, 0.6) is 11.5 Å². The van der Waals surface area contributed by atoms with E-state index in [1.807, 2.05) is 19.1 Å². The molecule has 0 aliphatic heterocycles. The lowest BCUT2D eigenvalue weighted by Crippen LogP contribution is -2.88. The lowest BCUT2D eigenvalue weighted by Gasteiger charge is -2.21. The molecule has 1 aromatic carbocycles. The molecule has 0 aromatic heterocycles. The van der Waals surface area contributed by atoms with Gasteiger partial charge < -0.3 is 14.8 Å². The van der Waals surface area contributed by atoms with Gasteiger partial charge in [-0.1, -0.05) is 18.0 Å². The zero-order chi connectivity index (χ0) is 14.4. The minimum Gasteiger partial charge on any atom is -0.493 e. The summed E-state index contributed by atoms with van der Waals surface area (Å²) < 4.78 is 11.1. The van der Waals surface area contributed by atoms with Crippen LogP contribution in [0.4, 0.5) is 0 Å². The van der Waals surface area contributed by atoms with Crippen LogP contribution in [-0.2, 0) is 6.54 Å². The maximum atomic E-state index is 6.17. The van der Waals surface area contributed by atoms with Crippen molar-refractivity contribution in [2.24, 2.45) is 0 Å². The topological polar surface area (TPSA) is 35.1 Å². The highest BCUT2D eigenvalue weighted by atomic mass is 35.5. The number of halogens is 1. The van der Waals surface area contributed by atoms with E-state index in [1.54, 1.807) is 7.11 Å². The second-order valence-corrected chi connectivity index (χ2v) is 5.80. The standard InChI is InChI=1S/C16H24ClNO2/c1-3-20-16-12(9-13(17)10-15(16)19-2)11-18-14-7-5-4-6-8-14/h9-10,14,18H,3-8,11H2,1-2H3/p+1. The second-order valence-electron chi connectivity index (χ2n) is 5.37. The summed E-state index contributed by atoms with van der Waals surface area (Å²) in [4.78, 5) is 0. The van der Waals surface area contributed by atoms with Crippen LogP contribution in [0.3, 0.4) is 0 Å². The van der Waals surface area contributed by atoms with E-state index in [-0.39, 0.29) is 0 Å². The van der Waals surface area contributed by atoms with Crippen LogP contribution in [-0.4, -0.2) is 19.8 Å². The highest BCUT2D eigenvalue weighted by Gasteiger charge is 2.19. The molecule has 1 aliphatic carbocycles. The lowest BCUT2D eigenvalue weighted by molar-refractivity contribution is -0.706. The number of methoxy groups -OCH3 is 1. The predicted octanol–water partition coefficient (Wildman–Crippen LogP) is 3.14. The molecular weight excluding hydrogens is 274 g/mol. The first-order chi connectivity index (χ1) is 9.74. The third-order valence-corrected chi connectivity index (χ3v) is 4.14. The largest absolute Gasteiger partial charge is 0.493 e. The molecule has 0 saturated heterocycles. The molecule has 2 N–H and O–H groups in total. The van der Waals surface area contributed by atoms with Crippen LogP contribution in [0.25, 0.3) is 0 Å². The number of hydrogen-bond acceptors (Lipinski definition) is 2. The van der Waals surface area contributed by atoms with Crippen molar-refractivity contribution in [2.75, 3.05) is 13.7 Å². The maximum Gasteiger partial charge on any atom is 0.170 e. The van der Waals surface area contributed by atoms with E-state index in [4.69, 9.17) is 21.1 Å². The Hall–Kier alpha value is -0.930. The molecule has 1 aliphatic rings. The Kier molecular flexibility index (Phi) is 5.99. The molecule has 112 valence electrons. The molecule has 0 spiro atoms. The summed E-state index contributed by atoms with van der Waals surface area (Å²) in [6.45, 7) is 3.52. The van der Waals surface area contributed by atoms with Gasteiger partial charge in [-0.25, -0.2) is 0 Å². The van der Waals surface area contributed by atoms with Crippen LogP contribution < -0.4 is 14.8 Å². The molecule has 0 heterocycles. The van der Waals surface area contributed by atoms with Crippen molar-refractivity contribution in [2.45, 2.75) is 51.6 Å². The molecule has 3 nitrogen and oxygen atoms in total. The highest BCUT2D eigenvalue weighted by molar-refractivity contribution is 6.30. The van der Waals surface area contributed by atoms with Crippen molar-refractivity contribution in [3.8, 4) is 11.5 Å². The summed E-state index contributed by atoms with van der Waals surface area (Å²) in [5.41, 5.74) is 1.13. The normalized spacial score (nSPS) is 16.1. The molecule has 0 atom stereocenters. The zero-order valence-electron chi connectivity index (χ0n) is 12.5. The van der Waals surface area contributed by atoms with Crippen molar-refractivity contribution >= 4 is 11.6 Å². The van der Waals surface area contributed by atoms with Gasteiger partial charge in [0.25, 0.3) is 0 Å². The first kappa shape index (κ1) is 15.5. The Bertz CT molecular complexity index is 431. The summed E-state index contributed by atoms with van der Waals surface area (Å²) >= 11 is 6.17. The van der Waals surface area contributed by atoms with E-state index >= 15 is 0 Å². The van der Waals surface area contributed by atoms with Gasteiger partial charge in [0.2, 0.25) is 0 Å². The Labute approximate surface area is 126 Å². The average Bonchev–Trinajstić information content (AvgIpc) is 2.48. The zero-order valence-corrected chi connectivity index (χ0v) is 13.2. The third kappa shape index (κ3) is 4.03. The van der Waals surface area contributed by atoms with Gasteiger partial charge in [-0.3, -0.25) is 0 Å². The number of quaternary nitrogens is 1. The molecule has 20 heavy (non-hydrogen) atoms. The van der Waals surface area contributed by atoms with Crippen LogP contribution in [0.15, 0.2) is 12.1 Å². The number of hydrogen-bond donors (Lipinski definition) is 1. The van der Waals surface area contributed by atoms with E-state index in [0.29, 0.717) is 11.6 Å². The van der Waals surface area contributed by atoms with Crippen LogP contribution in [0.2, 0.25) is 5.02 Å². The van der Waals surface area contributed by atoms with Gasteiger partial charge in [0.15, 0.2) is 11.5 Å². The van der Waals surface area contributed by atoms with Gasteiger partial charge in [-0.05, 0) is 38.7 Å². The summed E-state index contributed by atoms with van der Waals surface area (Å²) in [5, 5.41) is 3.13. The Morgan fingerprint density at radius 2 is 2.00 bits per heavy atom. The highest BCUT2D eigenvalue weighted by Crippen LogP contribution is 2.34.